The molecule has 0 saturated carbocycles. The summed E-state index contributed by atoms with van der Waals surface area (Å²) >= 11 is 0. The van der Waals surface area contributed by atoms with Crippen LogP contribution in [0.5, 0.6) is 0 Å². The lowest BCUT2D eigenvalue weighted by Gasteiger charge is -2.07. The first kappa shape index (κ1) is 7.92. The summed E-state index contributed by atoms with van der Waals surface area (Å²) in [5.74, 6) is 0. The summed E-state index contributed by atoms with van der Waals surface area (Å²) in [6, 6.07) is 0. The Balaban J connectivity index is 2.93. The lowest BCUT2D eigenvalue weighted by molar-refractivity contribution is -0.0184. The summed E-state index contributed by atoms with van der Waals surface area (Å²) in [6.45, 7) is 1.94. The van der Waals surface area contributed by atoms with Crippen LogP contribution in [0.25, 0.3) is 5.53 Å². The molecule has 11 heavy (non-hydrogen) atoms. The molecule has 3 heteroatoms. The summed E-state index contributed by atoms with van der Waals surface area (Å²) in [4.78, 5) is 3.11. The van der Waals surface area contributed by atoms with E-state index in [1.807, 2.05) is 19.1 Å². The van der Waals surface area contributed by atoms with E-state index < -0.39 is 0 Å². The molecular formula is C8H10N2O. The van der Waals surface area contributed by atoms with E-state index >= 15 is 0 Å². The van der Waals surface area contributed by atoms with E-state index in [-0.39, 0.29) is 6.10 Å². The van der Waals surface area contributed by atoms with E-state index in [4.69, 9.17) is 10.3 Å². The van der Waals surface area contributed by atoms with Gasteiger partial charge in [0.15, 0.2) is 6.10 Å². The van der Waals surface area contributed by atoms with Crippen LogP contribution in [-0.4, -0.2) is 23.7 Å². The second-order valence-electron chi connectivity index (χ2n) is 2.43. The van der Waals surface area contributed by atoms with Crippen molar-refractivity contribution in [1.29, 1.82) is 0 Å². The van der Waals surface area contributed by atoms with E-state index in [0.717, 1.165) is 5.57 Å². The van der Waals surface area contributed by atoms with Gasteiger partial charge in [-0.05, 0) is 18.6 Å². The maximum atomic E-state index is 8.54. The minimum Gasteiger partial charge on any atom is -0.365 e. The van der Waals surface area contributed by atoms with Gasteiger partial charge >= 0.3 is 5.71 Å². The Bertz CT molecular complexity index is 259. The van der Waals surface area contributed by atoms with Gasteiger partial charge < -0.3 is 10.3 Å². The Morgan fingerprint density at radius 3 is 2.91 bits per heavy atom. The van der Waals surface area contributed by atoms with Crippen molar-refractivity contribution < 1.29 is 9.53 Å². The van der Waals surface area contributed by atoms with Gasteiger partial charge in [0, 0.05) is 13.2 Å². The SMILES string of the molecule is COC1C=CC(C)=CC1=[N+]=[N-]. The fraction of sp³-hybridized carbons (Fsp3) is 0.375. The molecule has 0 saturated heterocycles. The van der Waals surface area contributed by atoms with Crippen LogP contribution in [-0.2, 0) is 4.74 Å². The predicted molar refractivity (Wildman–Crippen MR) is 42.3 cm³/mol. The zero-order valence-corrected chi connectivity index (χ0v) is 6.61. The number of ether oxygens (including phenoxy) is 1. The quantitative estimate of drug-likeness (QED) is 0.409. The molecular weight excluding hydrogens is 140 g/mol. The fourth-order valence-electron chi connectivity index (χ4n) is 0.986. The van der Waals surface area contributed by atoms with Crippen LogP contribution < -0.4 is 0 Å². The molecule has 0 heterocycles. The summed E-state index contributed by atoms with van der Waals surface area (Å²) in [6.07, 6.45) is 5.37. The first-order valence-electron chi connectivity index (χ1n) is 3.39. The molecule has 58 valence electrons. The van der Waals surface area contributed by atoms with E-state index in [9.17, 15) is 0 Å². The number of hydrogen-bond donors (Lipinski definition) is 0. The van der Waals surface area contributed by atoms with Crippen LogP contribution in [0.15, 0.2) is 23.8 Å². The maximum Gasteiger partial charge on any atom is 0.324 e. The molecule has 0 amide bonds. The van der Waals surface area contributed by atoms with Gasteiger partial charge in [0.25, 0.3) is 0 Å². The second-order valence-corrected chi connectivity index (χ2v) is 2.43. The maximum absolute atomic E-state index is 8.54. The Kier molecular flexibility index (Phi) is 2.36. The van der Waals surface area contributed by atoms with Gasteiger partial charge in [-0.25, -0.2) is 0 Å². The largest absolute Gasteiger partial charge is 0.365 e. The third kappa shape index (κ3) is 1.64. The van der Waals surface area contributed by atoms with E-state index in [1.54, 1.807) is 13.2 Å². The monoisotopic (exact) mass is 150 g/mol. The van der Waals surface area contributed by atoms with Crippen molar-refractivity contribution in [2.45, 2.75) is 13.0 Å². The minimum atomic E-state index is -0.205. The van der Waals surface area contributed by atoms with Gasteiger partial charge in [0.05, 0.1) is 0 Å². The topological polar surface area (TPSA) is 45.6 Å². The van der Waals surface area contributed by atoms with Crippen molar-refractivity contribution >= 4 is 5.71 Å². The Labute approximate surface area is 65.6 Å². The lowest BCUT2D eigenvalue weighted by Crippen LogP contribution is -2.22. The zero-order valence-electron chi connectivity index (χ0n) is 6.61. The smallest absolute Gasteiger partial charge is 0.324 e. The molecule has 3 nitrogen and oxygen atoms in total. The summed E-state index contributed by atoms with van der Waals surface area (Å²) < 4.78 is 5.02. The molecule has 0 radical (unpaired) electrons. The van der Waals surface area contributed by atoms with Gasteiger partial charge in [-0.15, -0.1) is 0 Å². The number of hydrogen-bond acceptors (Lipinski definition) is 1. The van der Waals surface area contributed by atoms with Gasteiger partial charge in [-0.1, -0.05) is 6.08 Å². The first-order chi connectivity index (χ1) is 5.27. The number of rotatable bonds is 1. The Morgan fingerprint density at radius 1 is 1.64 bits per heavy atom. The average Bonchev–Trinajstić information content (AvgIpc) is 2.04. The highest BCUT2D eigenvalue weighted by Crippen LogP contribution is 2.08. The van der Waals surface area contributed by atoms with Crippen LogP contribution in [0.1, 0.15) is 6.92 Å². The second kappa shape index (κ2) is 3.28. The molecule has 0 bridgehead atoms. The Hall–Kier alpha value is -1.18. The average molecular weight is 150 g/mol. The normalized spacial score (nSPS) is 22.9. The highest BCUT2D eigenvalue weighted by atomic mass is 16.5. The number of methoxy groups -OCH3 is 1. The van der Waals surface area contributed by atoms with Crippen molar-refractivity contribution in [3.05, 3.63) is 29.3 Å². The predicted octanol–water partition coefficient (Wildman–Crippen LogP) is 1.19. The molecule has 1 aliphatic rings. The van der Waals surface area contributed by atoms with E-state index in [1.165, 1.54) is 0 Å². The molecule has 0 aromatic heterocycles. The minimum absolute atomic E-state index is 0.205. The highest BCUT2D eigenvalue weighted by molar-refractivity contribution is 5.97. The Morgan fingerprint density at radius 2 is 2.36 bits per heavy atom. The summed E-state index contributed by atoms with van der Waals surface area (Å²) in [5, 5.41) is 0. The number of nitrogens with zero attached hydrogens (tertiary/aromatic N) is 2. The third-order valence-electron chi connectivity index (χ3n) is 1.57. The molecule has 1 aliphatic carbocycles. The molecule has 0 fully saturated rings. The first-order valence-corrected chi connectivity index (χ1v) is 3.39. The molecule has 1 unspecified atom stereocenters. The number of allylic oxidation sites excluding steroid dienone is 2. The molecule has 0 aliphatic heterocycles. The van der Waals surface area contributed by atoms with E-state index in [0.29, 0.717) is 5.71 Å². The molecule has 0 aromatic rings. The van der Waals surface area contributed by atoms with Gasteiger partial charge in [0.1, 0.15) is 0 Å². The van der Waals surface area contributed by atoms with E-state index in [2.05, 4.69) is 4.79 Å². The fourth-order valence-corrected chi connectivity index (χ4v) is 0.986. The molecule has 0 aromatic carbocycles. The lowest BCUT2D eigenvalue weighted by atomic mass is 10.0. The zero-order chi connectivity index (χ0) is 8.27. The standard InChI is InChI=1S/C8H10N2O/c1-6-3-4-8(11-2)7(5-6)10-9/h3-5,8H,1-2H3. The molecule has 1 rings (SSSR count). The van der Waals surface area contributed by atoms with Gasteiger partial charge in [-0.3, -0.25) is 0 Å². The van der Waals surface area contributed by atoms with Crippen molar-refractivity contribution in [3.8, 4) is 0 Å². The van der Waals surface area contributed by atoms with Crippen molar-refractivity contribution in [2.75, 3.05) is 7.11 Å². The van der Waals surface area contributed by atoms with Crippen LogP contribution in [0.3, 0.4) is 0 Å². The molecule has 0 N–H and O–H groups in total. The highest BCUT2D eigenvalue weighted by Gasteiger charge is 2.20. The van der Waals surface area contributed by atoms with Crippen LogP contribution in [0, 0.1) is 0 Å². The third-order valence-corrected chi connectivity index (χ3v) is 1.57. The summed E-state index contributed by atoms with van der Waals surface area (Å²) in [5.41, 5.74) is 10.1. The van der Waals surface area contributed by atoms with Crippen molar-refractivity contribution in [2.24, 2.45) is 0 Å². The molecule has 1 atom stereocenters. The van der Waals surface area contributed by atoms with Gasteiger partial charge in [0.2, 0.25) is 0 Å². The summed E-state index contributed by atoms with van der Waals surface area (Å²) in [7, 11) is 1.58. The molecule has 0 spiro atoms. The van der Waals surface area contributed by atoms with Crippen LogP contribution in [0.4, 0.5) is 0 Å². The van der Waals surface area contributed by atoms with Gasteiger partial charge in [-0.2, -0.15) is 4.79 Å². The van der Waals surface area contributed by atoms with Crippen LogP contribution >= 0.6 is 0 Å². The van der Waals surface area contributed by atoms with Crippen molar-refractivity contribution in [1.82, 2.24) is 0 Å². The van der Waals surface area contributed by atoms with Crippen LogP contribution in [0.2, 0.25) is 0 Å². The van der Waals surface area contributed by atoms with Crippen molar-refractivity contribution in [3.63, 3.8) is 0 Å².